The maximum Gasteiger partial charge on any atom is 0.145 e. The zero-order valence-electron chi connectivity index (χ0n) is 9.89. The molecule has 0 bridgehead atoms. The Kier molecular flexibility index (Phi) is 3.35. The van der Waals surface area contributed by atoms with Gasteiger partial charge in [-0.1, -0.05) is 28.1 Å². The Labute approximate surface area is 109 Å². The predicted molar refractivity (Wildman–Crippen MR) is 70.7 cm³/mol. The molecule has 1 heterocycles. The molecule has 1 aromatic carbocycles. The minimum Gasteiger partial charge on any atom is -0.377 e. The van der Waals surface area contributed by atoms with E-state index in [0.717, 1.165) is 16.6 Å². The van der Waals surface area contributed by atoms with Crippen LogP contribution in [0.3, 0.4) is 0 Å². The first kappa shape index (κ1) is 12.3. The van der Waals surface area contributed by atoms with Crippen molar-refractivity contribution in [1.82, 2.24) is 9.55 Å². The second-order valence-corrected chi connectivity index (χ2v) is 5.03. The maximum absolute atomic E-state index is 10.7. The van der Waals surface area contributed by atoms with E-state index in [2.05, 4.69) is 20.9 Å². The van der Waals surface area contributed by atoms with Gasteiger partial charge >= 0.3 is 0 Å². The van der Waals surface area contributed by atoms with Gasteiger partial charge in [-0.2, -0.15) is 0 Å². The SMILES string of the molecule is CCn1ccnc1C(C)(O)c1ccc(Br)cc1. The number of aromatic nitrogens is 2. The molecule has 0 spiro atoms. The number of rotatable bonds is 3. The topological polar surface area (TPSA) is 38.0 Å². The summed E-state index contributed by atoms with van der Waals surface area (Å²) in [4.78, 5) is 4.26. The molecule has 90 valence electrons. The molecule has 0 fully saturated rings. The fraction of sp³-hybridized carbons (Fsp3) is 0.308. The van der Waals surface area contributed by atoms with Crippen LogP contribution in [-0.4, -0.2) is 14.7 Å². The van der Waals surface area contributed by atoms with Crippen LogP contribution in [0.4, 0.5) is 0 Å². The normalized spacial score (nSPS) is 14.6. The predicted octanol–water partition coefficient (Wildman–Crippen LogP) is 2.92. The minimum atomic E-state index is -1.07. The van der Waals surface area contributed by atoms with Crippen LogP contribution in [0.15, 0.2) is 41.1 Å². The first-order chi connectivity index (χ1) is 8.05. The molecule has 1 atom stereocenters. The number of aliphatic hydroxyl groups is 1. The molecule has 1 N–H and O–H groups in total. The van der Waals surface area contributed by atoms with Crippen LogP contribution in [0.5, 0.6) is 0 Å². The number of hydrogen-bond donors (Lipinski definition) is 1. The smallest absolute Gasteiger partial charge is 0.145 e. The van der Waals surface area contributed by atoms with Crippen molar-refractivity contribution >= 4 is 15.9 Å². The first-order valence-corrected chi connectivity index (χ1v) is 6.35. The van der Waals surface area contributed by atoms with E-state index in [1.54, 1.807) is 13.1 Å². The molecule has 0 amide bonds. The van der Waals surface area contributed by atoms with E-state index in [1.807, 2.05) is 42.0 Å². The lowest BCUT2D eigenvalue weighted by Gasteiger charge is -2.24. The van der Waals surface area contributed by atoms with Crippen molar-refractivity contribution in [3.8, 4) is 0 Å². The molecule has 2 aromatic rings. The number of aryl methyl sites for hydroxylation is 1. The van der Waals surface area contributed by atoms with Crippen LogP contribution in [0.25, 0.3) is 0 Å². The van der Waals surface area contributed by atoms with Gasteiger partial charge in [0.15, 0.2) is 0 Å². The second-order valence-electron chi connectivity index (χ2n) is 4.12. The molecule has 0 saturated heterocycles. The van der Waals surface area contributed by atoms with E-state index in [9.17, 15) is 5.11 Å². The first-order valence-electron chi connectivity index (χ1n) is 5.55. The lowest BCUT2D eigenvalue weighted by molar-refractivity contribution is 0.0882. The van der Waals surface area contributed by atoms with Gasteiger partial charge in [-0.05, 0) is 31.5 Å². The average Bonchev–Trinajstić information content (AvgIpc) is 2.78. The number of imidazole rings is 1. The van der Waals surface area contributed by atoms with Crippen LogP contribution >= 0.6 is 15.9 Å². The van der Waals surface area contributed by atoms with Crippen molar-refractivity contribution < 1.29 is 5.11 Å². The van der Waals surface area contributed by atoms with Crippen molar-refractivity contribution in [3.05, 3.63) is 52.5 Å². The molecule has 0 aliphatic heterocycles. The third-order valence-corrected chi connectivity index (χ3v) is 3.43. The summed E-state index contributed by atoms with van der Waals surface area (Å²) >= 11 is 3.39. The Morgan fingerprint density at radius 2 is 2.00 bits per heavy atom. The lowest BCUT2D eigenvalue weighted by Crippen LogP contribution is -2.27. The monoisotopic (exact) mass is 294 g/mol. The highest BCUT2D eigenvalue weighted by atomic mass is 79.9. The van der Waals surface area contributed by atoms with Crippen molar-refractivity contribution in [1.29, 1.82) is 0 Å². The zero-order valence-corrected chi connectivity index (χ0v) is 11.5. The van der Waals surface area contributed by atoms with Gasteiger partial charge in [0.1, 0.15) is 11.4 Å². The number of halogens is 1. The fourth-order valence-corrected chi connectivity index (χ4v) is 2.16. The van der Waals surface area contributed by atoms with Crippen LogP contribution < -0.4 is 0 Å². The summed E-state index contributed by atoms with van der Waals surface area (Å²) < 4.78 is 2.94. The van der Waals surface area contributed by atoms with Gasteiger partial charge in [0, 0.05) is 23.4 Å². The number of nitrogens with zero attached hydrogens (tertiary/aromatic N) is 2. The highest BCUT2D eigenvalue weighted by Gasteiger charge is 2.29. The molecular formula is C13H15BrN2O. The third-order valence-electron chi connectivity index (χ3n) is 2.90. The molecule has 1 unspecified atom stereocenters. The van der Waals surface area contributed by atoms with Gasteiger partial charge in [-0.15, -0.1) is 0 Å². The Balaban J connectivity index is 2.45. The van der Waals surface area contributed by atoms with Crippen molar-refractivity contribution in [2.45, 2.75) is 26.0 Å². The van der Waals surface area contributed by atoms with Gasteiger partial charge in [0.2, 0.25) is 0 Å². The van der Waals surface area contributed by atoms with E-state index < -0.39 is 5.60 Å². The van der Waals surface area contributed by atoms with E-state index in [-0.39, 0.29) is 0 Å². The van der Waals surface area contributed by atoms with Gasteiger partial charge in [0.25, 0.3) is 0 Å². The van der Waals surface area contributed by atoms with Gasteiger partial charge in [0.05, 0.1) is 0 Å². The molecule has 2 rings (SSSR count). The summed E-state index contributed by atoms with van der Waals surface area (Å²) in [5.41, 5.74) is -0.234. The van der Waals surface area contributed by atoms with E-state index in [0.29, 0.717) is 5.82 Å². The molecule has 3 nitrogen and oxygen atoms in total. The van der Waals surface area contributed by atoms with Crippen molar-refractivity contribution in [2.24, 2.45) is 0 Å². The summed E-state index contributed by atoms with van der Waals surface area (Å²) in [5, 5.41) is 10.7. The summed E-state index contributed by atoms with van der Waals surface area (Å²) in [6, 6.07) is 7.64. The zero-order chi connectivity index (χ0) is 12.5. The molecule has 0 radical (unpaired) electrons. The Hall–Kier alpha value is -1.13. The second kappa shape index (κ2) is 4.63. The largest absolute Gasteiger partial charge is 0.377 e. The van der Waals surface area contributed by atoms with Crippen molar-refractivity contribution in [3.63, 3.8) is 0 Å². The molecule has 1 aromatic heterocycles. The van der Waals surface area contributed by atoms with Crippen molar-refractivity contribution in [2.75, 3.05) is 0 Å². The van der Waals surface area contributed by atoms with Crippen LogP contribution in [0.2, 0.25) is 0 Å². The summed E-state index contributed by atoms with van der Waals surface area (Å²) in [6.07, 6.45) is 3.59. The third kappa shape index (κ3) is 2.28. The lowest BCUT2D eigenvalue weighted by atomic mass is 9.95. The molecule has 17 heavy (non-hydrogen) atoms. The molecule has 4 heteroatoms. The Morgan fingerprint density at radius 3 is 2.59 bits per heavy atom. The number of hydrogen-bond acceptors (Lipinski definition) is 2. The number of benzene rings is 1. The quantitative estimate of drug-likeness (QED) is 0.945. The van der Waals surface area contributed by atoms with Gasteiger partial charge in [-0.25, -0.2) is 4.98 Å². The standard InChI is InChI=1S/C13H15BrN2O/c1-3-16-9-8-15-12(16)13(2,17)10-4-6-11(14)7-5-10/h4-9,17H,3H2,1-2H3. The van der Waals surface area contributed by atoms with Crippen LogP contribution in [0, 0.1) is 0 Å². The van der Waals surface area contributed by atoms with Gasteiger partial charge < -0.3 is 9.67 Å². The molecule has 0 aliphatic carbocycles. The average molecular weight is 295 g/mol. The molecule has 0 saturated carbocycles. The highest BCUT2D eigenvalue weighted by molar-refractivity contribution is 9.10. The Morgan fingerprint density at radius 1 is 1.35 bits per heavy atom. The van der Waals surface area contributed by atoms with Crippen LogP contribution in [-0.2, 0) is 12.1 Å². The van der Waals surface area contributed by atoms with E-state index in [4.69, 9.17) is 0 Å². The van der Waals surface area contributed by atoms with E-state index >= 15 is 0 Å². The van der Waals surface area contributed by atoms with Gasteiger partial charge in [-0.3, -0.25) is 0 Å². The molecular weight excluding hydrogens is 280 g/mol. The summed E-state index contributed by atoms with van der Waals surface area (Å²) in [6.45, 7) is 4.59. The maximum atomic E-state index is 10.7. The fourth-order valence-electron chi connectivity index (χ4n) is 1.89. The highest BCUT2D eigenvalue weighted by Crippen LogP contribution is 2.28. The minimum absolute atomic E-state index is 0.669. The molecule has 0 aliphatic rings. The summed E-state index contributed by atoms with van der Waals surface area (Å²) in [7, 11) is 0. The van der Waals surface area contributed by atoms with E-state index in [1.165, 1.54) is 0 Å². The summed E-state index contributed by atoms with van der Waals surface area (Å²) in [5.74, 6) is 0.669. The van der Waals surface area contributed by atoms with Crippen LogP contribution in [0.1, 0.15) is 25.2 Å². The Bertz CT molecular complexity index is 502.